The zero-order chi connectivity index (χ0) is 36.0. The van der Waals surface area contributed by atoms with E-state index in [4.69, 9.17) is 32.7 Å². The van der Waals surface area contributed by atoms with E-state index in [-0.39, 0.29) is 0 Å². The number of Topliss-reactive ketones (excluding diaryl/α,β-unsaturated/α-hetero) is 1. The Labute approximate surface area is 321 Å². The van der Waals surface area contributed by atoms with Gasteiger partial charge in [-0.15, -0.1) is 0 Å². The van der Waals surface area contributed by atoms with Gasteiger partial charge in [0.25, 0.3) is 0 Å². The van der Waals surface area contributed by atoms with Crippen LogP contribution in [0.25, 0.3) is 0 Å². The van der Waals surface area contributed by atoms with E-state index in [2.05, 4.69) is 62.4 Å². The molecular weight excluding hydrogens is 671 g/mol. The number of hydrogen-bond acceptors (Lipinski definition) is 3. The molecule has 5 rings (SSSR count). The van der Waals surface area contributed by atoms with Crippen molar-refractivity contribution in [2.75, 3.05) is 13.2 Å². The summed E-state index contributed by atoms with van der Waals surface area (Å²) in [5.41, 5.74) is 1.50. The largest absolute Gasteiger partial charge is 0.494 e. The molecule has 3 saturated carbocycles. The number of ketones is 1. The molecule has 3 nitrogen and oxygen atoms in total. The monoisotopic (exact) mass is 738 g/mol. The second-order valence-electron chi connectivity index (χ2n) is 16.4. The molecular formula is C46H68Cl2O3. The first-order valence-electron chi connectivity index (χ1n) is 21.2. The van der Waals surface area contributed by atoms with E-state index in [1.165, 1.54) is 101 Å². The molecule has 2 aromatic carbocycles. The second-order valence-corrected chi connectivity index (χ2v) is 17.7. The highest BCUT2D eigenvalue weighted by atomic mass is 35.5. The molecule has 0 N–H and O–H groups in total. The maximum absolute atomic E-state index is 14.2. The Morgan fingerprint density at radius 3 is 1.14 bits per heavy atom. The van der Waals surface area contributed by atoms with Crippen LogP contribution in [0.3, 0.4) is 0 Å². The number of hydrogen-bond donors (Lipinski definition) is 0. The smallest absolute Gasteiger partial charge is 0.151 e. The fourth-order valence-electron chi connectivity index (χ4n) is 9.63. The molecule has 2 spiro atoms. The molecule has 0 amide bonds. The van der Waals surface area contributed by atoms with Crippen molar-refractivity contribution < 1.29 is 14.3 Å². The molecule has 284 valence electrons. The Bertz CT molecular complexity index is 1190. The number of alkyl halides is 2. The van der Waals surface area contributed by atoms with Crippen LogP contribution in [0.5, 0.6) is 11.5 Å². The summed E-state index contributed by atoms with van der Waals surface area (Å²) in [6.07, 6.45) is 27.9. The van der Waals surface area contributed by atoms with Gasteiger partial charge in [0, 0.05) is 0 Å². The van der Waals surface area contributed by atoms with E-state index in [9.17, 15) is 4.79 Å². The van der Waals surface area contributed by atoms with Crippen molar-refractivity contribution in [1.29, 1.82) is 0 Å². The molecule has 5 heteroatoms. The zero-order valence-electron chi connectivity index (χ0n) is 32.1. The third-order valence-electron chi connectivity index (χ3n) is 13.0. The summed E-state index contributed by atoms with van der Waals surface area (Å²) < 4.78 is 11.1. The zero-order valence-corrected chi connectivity index (χ0v) is 33.7. The molecule has 0 saturated heterocycles. The van der Waals surface area contributed by atoms with Crippen LogP contribution in [0.2, 0.25) is 0 Å². The summed E-state index contributed by atoms with van der Waals surface area (Å²) in [5.74, 6) is 3.15. The van der Waals surface area contributed by atoms with Crippen LogP contribution in [0.1, 0.15) is 191 Å². The molecule has 3 aliphatic rings. The van der Waals surface area contributed by atoms with Crippen LogP contribution in [-0.2, 0) is 4.79 Å². The number of benzene rings is 2. The molecule has 0 heterocycles. The van der Waals surface area contributed by atoms with Gasteiger partial charge >= 0.3 is 0 Å². The number of rotatable bonds is 22. The standard InChI is InChI=1S/C46H68Cl2O3/c1-3-5-7-9-11-13-15-17-35-50-41-23-19-37(20-24-41)39-27-31-44(32-28-39)43(49)45(46(44,47)48)33-29-40(30-34-45)38-21-25-42(26-22-38)51-36-18-16-14-12-10-8-6-4-2/h19-26,39-40H,3-18,27-36H2,1-2H3. The van der Waals surface area contributed by atoms with Crippen LogP contribution in [-0.4, -0.2) is 23.3 Å². The summed E-state index contributed by atoms with van der Waals surface area (Å²) in [6.45, 7) is 6.12. The summed E-state index contributed by atoms with van der Waals surface area (Å²) in [5, 5.41) is 0. The molecule has 0 atom stereocenters. The minimum absolute atomic E-state index is 0.353. The van der Waals surface area contributed by atoms with Gasteiger partial charge in [0.1, 0.15) is 15.8 Å². The van der Waals surface area contributed by atoms with Gasteiger partial charge in [-0.3, -0.25) is 4.79 Å². The predicted octanol–water partition coefficient (Wildman–Crippen LogP) is 14.5. The molecule has 3 aliphatic carbocycles. The Hall–Kier alpha value is -1.71. The van der Waals surface area contributed by atoms with E-state index >= 15 is 0 Å². The normalized spacial score (nSPS) is 25.6. The number of ether oxygens (including phenoxy) is 2. The summed E-state index contributed by atoms with van der Waals surface area (Å²) in [6, 6.07) is 17.4. The number of carbonyl (C=O) groups is 1. The number of carbonyl (C=O) groups excluding carboxylic acids is 1. The van der Waals surface area contributed by atoms with Gasteiger partial charge in [-0.1, -0.05) is 151 Å². The average molecular weight is 740 g/mol. The van der Waals surface area contributed by atoms with Crippen LogP contribution in [0.4, 0.5) is 0 Å². The first kappa shape index (κ1) is 40.5. The Kier molecular flexibility index (Phi) is 16.0. The highest BCUT2D eigenvalue weighted by Gasteiger charge is 2.79. The van der Waals surface area contributed by atoms with Crippen molar-refractivity contribution in [2.45, 2.75) is 184 Å². The summed E-state index contributed by atoms with van der Waals surface area (Å²) >= 11 is 14.7. The molecule has 0 bridgehead atoms. The van der Waals surface area contributed by atoms with Crippen LogP contribution in [0.15, 0.2) is 48.5 Å². The van der Waals surface area contributed by atoms with E-state index < -0.39 is 15.2 Å². The Morgan fingerprint density at radius 1 is 0.510 bits per heavy atom. The van der Waals surface area contributed by atoms with Gasteiger partial charge in [0.15, 0.2) is 5.78 Å². The van der Waals surface area contributed by atoms with Crippen molar-refractivity contribution in [1.82, 2.24) is 0 Å². The lowest BCUT2D eigenvalue weighted by atomic mass is 9.42. The van der Waals surface area contributed by atoms with Crippen molar-refractivity contribution in [3.05, 3.63) is 59.7 Å². The minimum Gasteiger partial charge on any atom is -0.494 e. The van der Waals surface area contributed by atoms with Gasteiger partial charge in [0.05, 0.1) is 24.0 Å². The maximum Gasteiger partial charge on any atom is 0.151 e. The first-order chi connectivity index (χ1) is 24.9. The second kappa shape index (κ2) is 20.1. The van der Waals surface area contributed by atoms with Gasteiger partial charge < -0.3 is 9.47 Å². The van der Waals surface area contributed by atoms with Crippen LogP contribution < -0.4 is 9.47 Å². The molecule has 0 unspecified atom stereocenters. The quantitative estimate of drug-likeness (QED) is 0.0891. The maximum atomic E-state index is 14.2. The fourth-order valence-corrected chi connectivity index (χ4v) is 10.7. The predicted molar refractivity (Wildman–Crippen MR) is 216 cm³/mol. The van der Waals surface area contributed by atoms with E-state index in [1.807, 2.05) is 0 Å². The van der Waals surface area contributed by atoms with Gasteiger partial charge in [-0.25, -0.2) is 0 Å². The molecule has 51 heavy (non-hydrogen) atoms. The average Bonchev–Trinajstić information content (AvgIpc) is 3.17. The number of halogens is 2. The molecule has 2 aromatic rings. The highest BCUT2D eigenvalue weighted by Crippen LogP contribution is 2.75. The minimum atomic E-state index is -0.979. The lowest BCUT2D eigenvalue weighted by Crippen LogP contribution is -2.74. The fraction of sp³-hybridized carbons (Fsp3) is 0.717. The SMILES string of the molecule is CCCCCCCCCCOc1ccc(C2CCC3(CC2)C(=O)C2(CCC(c4ccc(OCCCCCCCCCC)cc4)CC2)C3(Cl)Cl)cc1. The van der Waals surface area contributed by atoms with Crippen molar-refractivity contribution in [3.8, 4) is 11.5 Å². The van der Waals surface area contributed by atoms with Crippen molar-refractivity contribution >= 4 is 29.0 Å². The molecule has 3 fully saturated rings. The third-order valence-corrected chi connectivity index (χ3v) is 14.4. The lowest BCUT2D eigenvalue weighted by molar-refractivity contribution is -0.170. The number of unbranched alkanes of at least 4 members (excludes halogenated alkanes) is 14. The lowest BCUT2D eigenvalue weighted by Gasteiger charge is -2.67. The molecule has 0 aliphatic heterocycles. The molecule has 0 radical (unpaired) electrons. The van der Waals surface area contributed by atoms with E-state index in [1.54, 1.807) is 0 Å². The topological polar surface area (TPSA) is 35.5 Å². The van der Waals surface area contributed by atoms with Crippen molar-refractivity contribution in [2.24, 2.45) is 10.8 Å². The van der Waals surface area contributed by atoms with Crippen LogP contribution in [0, 0.1) is 10.8 Å². The van der Waals surface area contributed by atoms with Crippen LogP contribution >= 0.6 is 23.2 Å². The Balaban J connectivity index is 1.01. The van der Waals surface area contributed by atoms with Crippen molar-refractivity contribution in [3.63, 3.8) is 0 Å². The third kappa shape index (κ3) is 9.89. The summed E-state index contributed by atoms with van der Waals surface area (Å²) in [4.78, 5) is 14.2. The summed E-state index contributed by atoms with van der Waals surface area (Å²) in [7, 11) is 0. The van der Waals surface area contributed by atoms with Gasteiger partial charge in [-0.2, -0.15) is 0 Å². The van der Waals surface area contributed by atoms with E-state index in [0.29, 0.717) is 17.6 Å². The Morgan fingerprint density at radius 2 is 0.824 bits per heavy atom. The van der Waals surface area contributed by atoms with E-state index in [0.717, 1.165) is 88.9 Å². The molecule has 0 aromatic heterocycles. The first-order valence-corrected chi connectivity index (χ1v) is 22.0. The van der Waals surface area contributed by atoms with Gasteiger partial charge in [0.2, 0.25) is 0 Å². The highest BCUT2D eigenvalue weighted by molar-refractivity contribution is 6.55. The van der Waals surface area contributed by atoms with Gasteiger partial charge in [-0.05, 0) is 111 Å².